The number of likely N-dealkylation sites (N-methyl/N-ethyl adjacent to an activating group) is 1. The second kappa shape index (κ2) is 12.0. The highest BCUT2D eigenvalue weighted by molar-refractivity contribution is 7.89. The van der Waals surface area contributed by atoms with Crippen LogP contribution in [0.1, 0.15) is 24.8 Å². The van der Waals surface area contributed by atoms with Crippen molar-refractivity contribution < 1.29 is 18.1 Å². The van der Waals surface area contributed by atoms with Gasteiger partial charge in [-0.05, 0) is 50.6 Å². The van der Waals surface area contributed by atoms with Crippen LogP contribution in [0.15, 0.2) is 46.3 Å². The van der Waals surface area contributed by atoms with E-state index in [-0.39, 0.29) is 10.6 Å². The number of ether oxygens (including phenoxy) is 1. The smallest absolute Gasteiger partial charge is 0.270 e. The summed E-state index contributed by atoms with van der Waals surface area (Å²) in [4.78, 5) is 22.6. The van der Waals surface area contributed by atoms with Crippen molar-refractivity contribution in [2.24, 2.45) is 4.99 Å². The summed E-state index contributed by atoms with van der Waals surface area (Å²) in [5.41, 5.74) is 2.69. The fourth-order valence-corrected chi connectivity index (χ4v) is 6.99. The van der Waals surface area contributed by atoms with Crippen LogP contribution in [-0.4, -0.2) is 101 Å². The van der Waals surface area contributed by atoms with Crippen molar-refractivity contribution >= 4 is 39.0 Å². The Hall–Kier alpha value is -3.06. The Morgan fingerprint density at radius 2 is 1.54 bits per heavy atom. The van der Waals surface area contributed by atoms with E-state index in [0.717, 1.165) is 64.2 Å². The van der Waals surface area contributed by atoms with E-state index in [1.807, 2.05) is 12.1 Å². The van der Waals surface area contributed by atoms with Crippen LogP contribution in [0.2, 0.25) is 0 Å². The molecule has 5 rings (SSSR count). The van der Waals surface area contributed by atoms with Crippen molar-refractivity contribution in [1.82, 2.24) is 9.21 Å². The summed E-state index contributed by atoms with van der Waals surface area (Å²) in [5, 5.41) is 11.5. The first-order valence-electron chi connectivity index (χ1n) is 13.6. The highest BCUT2D eigenvalue weighted by Gasteiger charge is 2.31. The molecule has 0 saturated carbocycles. The van der Waals surface area contributed by atoms with Gasteiger partial charge in [0.25, 0.3) is 5.69 Å². The van der Waals surface area contributed by atoms with E-state index in [9.17, 15) is 18.5 Å². The highest BCUT2D eigenvalue weighted by atomic mass is 32.2. The molecule has 39 heavy (non-hydrogen) atoms. The van der Waals surface area contributed by atoms with E-state index in [0.29, 0.717) is 43.2 Å². The number of hydrogen-bond donors (Lipinski definition) is 0. The molecule has 0 unspecified atom stereocenters. The Morgan fingerprint density at radius 1 is 0.872 bits per heavy atom. The number of piperidine rings is 1. The van der Waals surface area contributed by atoms with Crippen LogP contribution in [0, 0.1) is 10.1 Å². The Kier molecular flexibility index (Phi) is 8.46. The van der Waals surface area contributed by atoms with Crippen molar-refractivity contribution in [3.63, 3.8) is 0 Å². The van der Waals surface area contributed by atoms with Gasteiger partial charge in [-0.1, -0.05) is 0 Å². The van der Waals surface area contributed by atoms with Gasteiger partial charge in [0.1, 0.15) is 4.90 Å². The van der Waals surface area contributed by atoms with Gasteiger partial charge in [-0.25, -0.2) is 8.42 Å². The Morgan fingerprint density at radius 3 is 2.23 bits per heavy atom. The normalized spacial score (nSPS) is 20.0. The number of benzene rings is 2. The molecular formula is C27H36N6O5S. The number of anilines is 2. The van der Waals surface area contributed by atoms with Gasteiger partial charge in [-0.2, -0.15) is 4.31 Å². The maximum atomic E-state index is 13.8. The van der Waals surface area contributed by atoms with Crippen LogP contribution in [0.25, 0.3) is 0 Å². The molecule has 3 heterocycles. The maximum Gasteiger partial charge on any atom is 0.270 e. The predicted octanol–water partition coefficient (Wildman–Crippen LogP) is 3.11. The first kappa shape index (κ1) is 27.5. The average Bonchev–Trinajstić information content (AvgIpc) is 2.97. The molecule has 210 valence electrons. The van der Waals surface area contributed by atoms with E-state index in [2.05, 4.69) is 26.7 Å². The standard InChI is InChI=1S/C27H36N6O5S/c1-29-11-13-31(14-12-29)25-8-6-24(33(34)35)19-22(25)21-28-23-5-7-26(30-9-3-2-4-10-30)27(20-23)39(36,37)32-15-17-38-18-16-32/h5-8,19-21H,2-4,9-18H2,1H3. The van der Waals surface area contributed by atoms with Crippen LogP contribution in [-0.2, 0) is 14.8 Å². The van der Waals surface area contributed by atoms with Gasteiger partial charge in [-0.3, -0.25) is 15.1 Å². The lowest BCUT2D eigenvalue weighted by molar-refractivity contribution is -0.384. The van der Waals surface area contributed by atoms with Gasteiger partial charge in [0, 0.05) is 82.0 Å². The van der Waals surface area contributed by atoms with Gasteiger partial charge in [-0.15, -0.1) is 0 Å². The van der Waals surface area contributed by atoms with Crippen LogP contribution in [0.5, 0.6) is 0 Å². The number of nitro groups is 1. The van der Waals surface area contributed by atoms with E-state index >= 15 is 0 Å². The summed E-state index contributed by atoms with van der Waals surface area (Å²) in [7, 11) is -1.69. The molecule has 2 aromatic rings. The number of morpholine rings is 1. The summed E-state index contributed by atoms with van der Waals surface area (Å²) in [5.74, 6) is 0. The lowest BCUT2D eigenvalue weighted by Gasteiger charge is -2.34. The Balaban J connectivity index is 1.51. The SMILES string of the molecule is CN1CCN(c2ccc([N+](=O)[O-])cc2C=Nc2ccc(N3CCCCC3)c(S(=O)(=O)N3CCOCC3)c2)CC1. The molecular weight excluding hydrogens is 520 g/mol. The van der Waals surface area contributed by atoms with Crippen molar-refractivity contribution in [2.45, 2.75) is 24.2 Å². The number of sulfonamides is 1. The Bertz CT molecular complexity index is 1310. The van der Waals surface area contributed by atoms with Gasteiger partial charge in [0.15, 0.2) is 0 Å². The van der Waals surface area contributed by atoms with Crippen LogP contribution in [0.3, 0.4) is 0 Å². The van der Waals surface area contributed by atoms with E-state index in [1.54, 1.807) is 18.3 Å². The summed E-state index contributed by atoms with van der Waals surface area (Å²) in [6.07, 6.45) is 4.81. The minimum atomic E-state index is -3.76. The molecule has 0 bridgehead atoms. The van der Waals surface area contributed by atoms with E-state index in [4.69, 9.17) is 4.74 Å². The minimum Gasteiger partial charge on any atom is -0.379 e. The molecule has 0 amide bonds. The summed E-state index contributed by atoms with van der Waals surface area (Å²) >= 11 is 0. The minimum absolute atomic E-state index is 0.00893. The van der Waals surface area contributed by atoms with Crippen molar-refractivity contribution in [3.8, 4) is 0 Å². The largest absolute Gasteiger partial charge is 0.379 e. The third-order valence-electron chi connectivity index (χ3n) is 7.65. The summed E-state index contributed by atoms with van der Waals surface area (Å²) < 4.78 is 34.5. The molecule has 12 heteroatoms. The second-order valence-electron chi connectivity index (χ2n) is 10.3. The van der Waals surface area contributed by atoms with E-state index in [1.165, 1.54) is 16.4 Å². The van der Waals surface area contributed by atoms with E-state index < -0.39 is 14.9 Å². The molecule has 0 spiro atoms. The third-order valence-corrected chi connectivity index (χ3v) is 9.57. The zero-order chi connectivity index (χ0) is 27.4. The average molecular weight is 557 g/mol. The summed E-state index contributed by atoms with van der Waals surface area (Å²) in [6, 6.07) is 10.1. The third kappa shape index (κ3) is 6.24. The Labute approximate surface area is 229 Å². The molecule has 3 fully saturated rings. The fourth-order valence-electron chi connectivity index (χ4n) is 5.35. The first-order valence-corrected chi connectivity index (χ1v) is 15.0. The molecule has 3 aliphatic heterocycles. The molecule has 3 aliphatic rings. The quantitative estimate of drug-likeness (QED) is 0.291. The highest BCUT2D eigenvalue weighted by Crippen LogP contribution is 2.34. The molecule has 0 aliphatic carbocycles. The van der Waals surface area contributed by atoms with Crippen LogP contribution >= 0.6 is 0 Å². The number of rotatable bonds is 7. The van der Waals surface area contributed by atoms with Crippen LogP contribution < -0.4 is 9.80 Å². The number of non-ortho nitro benzene ring substituents is 1. The molecule has 0 aromatic heterocycles. The van der Waals surface area contributed by atoms with Gasteiger partial charge >= 0.3 is 0 Å². The lowest BCUT2D eigenvalue weighted by Crippen LogP contribution is -2.44. The number of nitrogens with zero attached hydrogens (tertiary/aromatic N) is 6. The monoisotopic (exact) mass is 556 g/mol. The fraction of sp³-hybridized carbons (Fsp3) is 0.519. The molecule has 0 N–H and O–H groups in total. The number of piperazine rings is 1. The molecule has 0 atom stereocenters. The molecule has 3 saturated heterocycles. The van der Waals surface area contributed by atoms with Crippen molar-refractivity contribution in [2.75, 3.05) is 82.4 Å². The van der Waals surface area contributed by atoms with Gasteiger partial charge in [0.2, 0.25) is 10.0 Å². The predicted molar refractivity (Wildman–Crippen MR) is 152 cm³/mol. The van der Waals surface area contributed by atoms with Crippen molar-refractivity contribution in [1.29, 1.82) is 0 Å². The van der Waals surface area contributed by atoms with Crippen molar-refractivity contribution in [3.05, 3.63) is 52.1 Å². The summed E-state index contributed by atoms with van der Waals surface area (Å²) in [6.45, 7) is 6.42. The zero-order valence-electron chi connectivity index (χ0n) is 22.4. The first-order chi connectivity index (χ1) is 18.8. The lowest BCUT2D eigenvalue weighted by atomic mass is 10.1. The molecule has 11 nitrogen and oxygen atoms in total. The number of nitro benzene ring substituents is 1. The van der Waals surface area contributed by atoms with Crippen LogP contribution in [0.4, 0.5) is 22.7 Å². The zero-order valence-corrected chi connectivity index (χ0v) is 23.2. The van der Waals surface area contributed by atoms with Gasteiger partial charge in [0.05, 0.1) is 29.5 Å². The van der Waals surface area contributed by atoms with Gasteiger partial charge < -0.3 is 19.4 Å². The molecule has 2 aromatic carbocycles. The topological polar surface area (TPSA) is 112 Å². The number of aliphatic imine (C=N–C) groups is 1. The maximum absolute atomic E-state index is 13.8. The molecule has 0 radical (unpaired) electrons. The number of hydrogen-bond acceptors (Lipinski definition) is 9. The second-order valence-corrected chi connectivity index (χ2v) is 12.2.